The van der Waals surface area contributed by atoms with E-state index in [2.05, 4.69) is 18.1 Å². The number of hydrogen-bond donors (Lipinski definition) is 0. The molecule has 0 bridgehead atoms. The van der Waals surface area contributed by atoms with Crippen molar-refractivity contribution in [2.75, 3.05) is 0 Å². The topological polar surface area (TPSA) is 48.9 Å². The fourth-order valence-electron chi connectivity index (χ4n) is 0.832. The van der Waals surface area contributed by atoms with Crippen LogP contribution in [0.1, 0.15) is 13.0 Å². The highest BCUT2D eigenvalue weighted by atomic mass is 16.3. The lowest BCUT2D eigenvalue weighted by Crippen LogP contribution is -2.24. The number of rotatable bonds is 2. The van der Waals surface area contributed by atoms with Crippen molar-refractivity contribution in [3.63, 3.8) is 0 Å². The zero-order valence-corrected chi connectivity index (χ0v) is 7.88. The Kier molecular flexibility index (Phi) is 5.27. The highest BCUT2D eigenvalue weighted by molar-refractivity contribution is 5.29. The lowest BCUT2D eigenvalue weighted by atomic mass is 10.3. The Labute approximate surface area is 77.7 Å². The molecule has 0 aromatic carbocycles. The number of hydrogen-bond acceptors (Lipinski definition) is 2. The summed E-state index contributed by atoms with van der Waals surface area (Å²) >= 11 is 0. The molecule has 0 saturated carbocycles. The number of aromatic nitrogens is 2. The van der Waals surface area contributed by atoms with Crippen molar-refractivity contribution in [1.82, 2.24) is 4.57 Å². The van der Waals surface area contributed by atoms with E-state index >= 15 is 0 Å². The number of aryl methyl sites for hydroxylation is 1. The standard InChI is InChI=1S/C8H13N2.CH2O2/c1-4-8(2)10-6-5-9(3)7-10;2-1-3/h4-8H,1H2,2-3H3;1H,(H,2,3)/q+1;/p-1. The molecule has 0 aliphatic heterocycles. The zero-order chi connectivity index (χ0) is 10.3. The second-order valence-corrected chi connectivity index (χ2v) is 2.60. The monoisotopic (exact) mass is 182 g/mol. The van der Waals surface area contributed by atoms with Crippen LogP contribution in [0.15, 0.2) is 31.4 Å². The van der Waals surface area contributed by atoms with Crippen LogP contribution in [-0.4, -0.2) is 11.0 Å². The molecule has 4 heteroatoms. The lowest BCUT2D eigenvalue weighted by Gasteiger charge is -1.97. The molecule has 0 N–H and O–H groups in total. The summed E-state index contributed by atoms with van der Waals surface area (Å²) in [6.45, 7) is 5.32. The third-order valence-corrected chi connectivity index (χ3v) is 1.60. The minimum absolute atomic E-state index is 0.390. The fourth-order valence-corrected chi connectivity index (χ4v) is 0.832. The van der Waals surface area contributed by atoms with Gasteiger partial charge < -0.3 is 9.90 Å². The largest absolute Gasteiger partial charge is 0.554 e. The first-order valence-electron chi connectivity index (χ1n) is 3.86. The van der Waals surface area contributed by atoms with Gasteiger partial charge in [-0.2, -0.15) is 0 Å². The molecule has 0 fully saturated rings. The summed E-state index contributed by atoms with van der Waals surface area (Å²) in [5.41, 5.74) is 0. The minimum Gasteiger partial charge on any atom is -0.554 e. The Morgan fingerprint density at radius 1 is 1.69 bits per heavy atom. The number of allylic oxidation sites excluding steroid dienone is 1. The molecule has 4 nitrogen and oxygen atoms in total. The van der Waals surface area contributed by atoms with Gasteiger partial charge in [0.15, 0.2) is 0 Å². The summed E-state index contributed by atoms with van der Waals surface area (Å²) in [6, 6.07) is 0.390. The lowest BCUT2D eigenvalue weighted by molar-refractivity contribution is -0.671. The van der Waals surface area contributed by atoms with Crippen molar-refractivity contribution in [3.05, 3.63) is 31.4 Å². The van der Waals surface area contributed by atoms with E-state index in [-0.39, 0.29) is 0 Å². The maximum absolute atomic E-state index is 8.25. The van der Waals surface area contributed by atoms with Crippen molar-refractivity contribution < 1.29 is 14.5 Å². The first kappa shape index (κ1) is 11.4. The van der Waals surface area contributed by atoms with Crippen molar-refractivity contribution in [3.8, 4) is 0 Å². The summed E-state index contributed by atoms with van der Waals surface area (Å²) in [5.74, 6) is 0. The highest BCUT2D eigenvalue weighted by Crippen LogP contribution is 2.02. The SMILES string of the molecule is C=CC(C)n1cc[n+](C)c1.O=C[O-]. The van der Waals surface area contributed by atoms with Crippen LogP contribution in [0.2, 0.25) is 0 Å². The smallest absolute Gasteiger partial charge is 0.244 e. The van der Waals surface area contributed by atoms with Crippen LogP contribution in [0, 0.1) is 0 Å². The molecule has 1 aromatic rings. The molecule has 0 saturated heterocycles. The van der Waals surface area contributed by atoms with Gasteiger partial charge in [-0.1, -0.05) is 6.58 Å². The van der Waals surface area contributed by atoms with Crippen molar-refractivity contribution in [1.29, 1.82) is 0 Å². The molecule has 1 aromatic heterocycles. The Bertz CT molecular complexity index is 268. The summed E-state index contributed by atoms with van der Waals surface area (Å²) < 4.78 is 4.12. The maximum Gasteiger partial charge on any atom is 0.244 e. The number of nitrogens with zero attached hydrogens (tertiary/aromatic N) is 2. The van der Waals surface area contributed by atoms with E-state index in [4.69, 9.17) is 9.90 Å². The first-order valence-corrected chi connectivity index (χ1v) is 3.86. The second kappa shape index (κ2) is 5.99. The molecule has 0 spiro atoms. The van der Waals surface area contributed by atoms with Crippen LogP contribution in [0.5, 0.6) is 0 Å². The van der Waals surface area contributed by atoms with E-state index in [9.17, 15) is 0 Å². The van der Waals surface area contributed by atoms with Gasteiger partial charge >= 0.3 is 0 Å². The van der Waals surface area contributed by atoms with Crippen LogP contribution in [-0.2, 0) is 11.8 Å². The molecule has 1 unspecified atom stereocenters. The molecule has 0 aliphatic rings. The van der Waals surface area contributed by atoms with Gasteiger partial charge in [-0.3, -0.25) is 0 Å². The third kappa shape index (κ3) is 4.10. The number of imidazole rings is 1. The number of carboxylic acid groups (broad SMARTS) is 1. The number of carbonyl (C=O) groups is 1. The van der Waals surface area contributed by atoms with Gasteiger partial charge in [0.2, 0.25) is 6.33 Å². The molecule has 0 aliphatic carbocycles. The fraction of sp³-hybridized carbons (Fsp3) is 0.333. The molecule has 1 rings (SSSR count). The van der Waals surface area contributed by atoms with E-state index in [1.165, 1.54) is 0 Å². The second-order valence-electron chi connectivity index (χ2n) is 2.60. The molecular weight excluding hydrogens is 168 g/mol. The molecule has 0 radical (unpaired) electrons. The van der Waals surface area contributed by atoms with Gasteiger partial charge in [0.25, 0.3) is 0 Å². The average molecular weight is 182 g/mol. The van der Waals surface area contributed by atoms with Crippen LogP contribution in [0.4, 0.5) is 0 Å². The van der Waals surface area contributed by atoms with Crippen LogP contribution in [0.3, 0.4) is 0 Å². The summed E-state index contributed by atoms with van der Waals surface area (Å²) in [5, 5.41) is 8.25. The summed E-state index contributed by atoms with van der Waals surface area (Å²) in [4.78, 5) is 8.25. The van der Waals surface area contributed by atoms with E-state index in [1.54, 1.807) is 0 Å². The van der Waals surface area contributed by atoms with E-state index in [1.807, 2.05) is 36.4 Å². The van der Waals surface area contributed by atoms with E-state index in [0.29, 0.717) is 6.04 Å². The van der Waals surface area contributed by atoms with Crippen molar-refractivity contribution in [2.45, 2.75) is 13.0 Å². The molecule has 1 heterocycles. The van der Waals surface area contributed by atoms with Crippen molar-refractivity contribution >= 4 is 6.47 Å². The molecule has 0 amide bonds. The predicted octanol–water partition coefficient (Wildman–Crippen LogP) is -0.574. The summed E-state index contributed by atoms with van der Waals surface area (Å²) in [6.07, 6.45) is 8.00. The van der Waals surface area contributed by atoms with Gasteiger partial charge in [0.1, 0.15) is 18.4 Å². The van der Waals surface area contributed by atoms with Crippen LogP contribution in [0.25, 0.3) is 0 Å². The van der Waals surface area contributed by atoms with Crippen LogP contribution >= 0.6 is 0 Å². The summed E-state index contributed by atoms with van der Waals surface area (Å²) in [7, 11) is 2.01. The van der Waals surface area contributed by atoms with Gasteiger partial charge in [-0.25, -0.2) is 9.13 Å². The number of carbonyl (C=O) groups excluding carboxylic acids is 1. The Morgan fingerprint density at radius 2 is 2.23 bits per heavy atom. The van der Waals surface area contributed by atoms with Crippen molar-refractivity contribution in [2.24, 2.45) is 7.05 Å². The van der Waals surface area contributed by atoms with Crippen LogP contribution < -0.4 is 9.67 Å². The molecular formula is C9H14N2O2. The average Bonchev–Trinajstić information content (AvgIpc) is 2.52. The van der Waals surface area contributed by atoms with Gasteiger partial charge in [0, 0.05) is 6.47 Å². The highest BCUT2D eigenvalue weighted by Gasteiger charge is 2.04. The zero-order valence-electron chi connectivity index (χ0n) is 7.88. The van der Waals surface area contributed by atoms with Gasteiger partial charge in [-0.05, 0) is 13.0 Å². The Hall–Kier alpha value is -1.58. The quantitative estimate of drug-likeness (QED) is 0.349. The minimum atomic E-state index is -0.500. The Morgan fingerprint density at radius 3 is 2.54 bits per heavy atom. The maximum atomic E-state index is 8.25. The molecule has 1 atom stereocenters. The van der Waals surface area contributed by atoms with Gasteiger partial charge in [0.05, 0.1) is 7.05 Å². The molecule has 72 valence electrons. The van der Waals surface area contributed by atoms with Gasteiger partial charge in [-0.15, -0.1) is 0 Å². The normalized spacial score (nSPS) is 10.9. The van der Waals surface area contributed by atoms with E-state index in [0.717, 1.165) is 0 Å². The predicted molar refractivity (Wildman–Crippen MR) is 46.6 cm³/mol. The first-order chi connectivity index (χ1) is 6.15. The molecule has 13 heavy (non-hydrogen) atoms. The Balaban J connectivity index is 0.000000424. The van der Waals surface area contributed by atoms with E-state index < -0.39 is 6.47 Å². The third-order valence-electron chi connectivity index (χ3n) is 1.60.